The van der Waals surface area contributed by atoms with E-state index in [4.69, 9.17) is 9.72 Å². The van der Waals surface area contributed by atoms with Crippen molar-refractivity contribution in [2.75, 3.05) is 27.4 Å². The second kappa shape index (κ2) is 10.4. The second-order valence-corrected chi connectivity index (χ2v) is 7.28. The molecule has 3 aromatic heterocycles. The van der Waals surface area contributed by atoms with Crippen LogP contribution < -0.4 is 4.74 Å². The number of pyridine rings is 2. The molecule has 0 unspecified atom stereocenters. The van der Waals surface area contributed by atoms with Crippen LogP contribution in [0, 0.1) is 13.8 Å². The van der Waals surface area contributed by atoms with Crippen LogP contribution in [0.1, 0.15) is 43.5 Å². The van der Waals surface area contributed by atoms with Gasteiger partial charge in [-0.2, -0.15) is 0 Å². The summed E-state index contributed by atoms with van der Waals surface area (Å²) in [6.07, 6.45) is 2.04. The fourth-order valence-electron chi connectivity index (χ4n) is 3.15. The molecule has 0 spiro atoms. The molecule has 6 heteroatoms. The predicted octanol–water partition coefficient (Wildman–Crippen LogP) is 4.49. The van der Waals surface area contributed by atoms with Gasteiger partial charge in [-0.3, -0.25) is 0 Å². The Morgan fingerprint density at radius 1 is 1.10 bits per heavy atom. The lowest BCUT2D eigenvalue weighted by Crippen LogP contribution is -2.02. The fraction of sp³-hybridized carbons (Fsp3) is 0.478. The van der Waals surface area contributed by atoms with Gasteiger partial charge in [0.2, 0.25) is 5.88 Å². The topological polar surface area (TPSA) is 69.4 Å². The van der Waals surface area contributed by atoms with Crippen LogP contribution in [-0.2, 0) is 11.3 Å². The Morgan fingerprint density at radius 3 is 2.34 bits per heavy atom. The lowest BCUT2D eigenvalue weighted by atomic mass is 10.0. The Kier molecular flexibility index (Phi) is 8.17. The molecule has 0 aromatic carbocycles. The van der Waals surface area contributed by atoms with Crippen molar-refractivity contribution in [2.24, 2.45) is 0 Å². The summed E-state index contributed by atoms with van der Waals surface area (Å²) in [5.74, 6) is 0.947. The third kappa shape index (κ3) is 5.14. The van der Waals surface area contributed by atoms with Crippen LogP contribution in [0.5, 0.6) is 5.88 Å². The highest BCUT2D eigenvalue weighted by Gasteiger charge is 2.17. The molecule has 0 bridgehead atoms. The highest BCUT2D eigenvalue weighted by Crippen LogP contribution is 2.33. The maximum absolute atomic E-state index is 9.26. The minimum Gasteiger partial charge on any atom is -0.480 e. The first-order valence-electron chi connectivity index (χ1n) is 10.00. The molecule has 1 N–H and O–H groups in total. The first kappa shape index (κ1) is 22.8. The number of ether oxygens (including phenoxy) is 2. The van der Waals surface area contributed by atoms with Crippen LogP contribution >= 0.6 is 0 Å². The van der Waals surface area contributed by atoms with Crippen molar-refractivity contribution in [1.29, 1.82) is 0 Å². The molecule has 158 valence electrons. The number of aliphatic hydroxyl groups is 1. The van der Waals surface area contributed by atoms with Crippen molar-refractivity contribution in [1.82, 2.24) is 14.5 Å². The van der Waals surface area contributed by atoms with Crippen molar-refractivity contribution in [3.8, 4) is 17.1 Å². The zero-order valence-electron chi connectivity index (χ0n) is 18.6. The first-order valence-corrected chi connectivity index (χ1v) is 10.00. The van der Waals surface area contributed by atoms with E-state index in [0.717, 1.165) is 45.7 Å². The summed E-state index contributed by atoms with van der Waals surface area (Å²) in [6, 6.07) is 6.20. The Hall–Kier alpha value is -2.44. The van der Waals surface area contributed by atoms with Gasteiger partial charge >= 0.3 is 0 Å². The van der Waals surface area contributed by atoms with E-state index in [1.165, 1.54) is 0 Å². The van der Waals surface area contributed by atoms with Gasteiger partial charge < -0.3 is 19.1 Å². The van der Waals surface area contributed by atoms with E-state index in [2.05, 4.69) is 29.6 Å². The van der Waals surface area contributed by atoms with Crippen molar-refractivity contribution in [3.63, 3.8) is 0 Å². The monoisotopic (exact) mass is 399 g/mol. The Morgan fingerprint density at radius 2 is 1.79 bits per heavy atom. The Balaban J connectivity index is 0.000000687. The molecule has 3 aromatic rings. The molecule has 3 heterocycles. The fourth-order valence-corrected chi connectivity index (χ4v) is 3.15. The van der Waals surface area contributed by atoms with E-state index in [1.807, 2.05) is 43.7 Å². The van der Waals surface area contributed by atoms with E-state index < -0.39 is 0 Å². The quantitative estimate of drug-likeness (QED) is 0.661. The summed E-state index contributed by atoms with van der Waals surface area (Å²) >= 11 is 0. The molecule has 0 saturated carbocycles. The molecule has 0 atom stereocenters. The van der Waals surface area contributed by atoms with Gasteiger partial charge in [0, 0.05) is 32.2 Å². The molecule has 0 aliphatic rings. The Bertz CT molecular complexity index is 946. The molecule has 6 nitrogen and oxygen atoms in total. The van der Waals surface area contributed by atoms with Gasteiger partial charge in [0.25, 0.3) is 0 Å². The molecule has 0 amide bonds. The summed E-state index contributed by atoms with van der Waals surface area (Å²) in [5, 5.41) is 9.26. The van der Waals surface area contributed by atoms with Crippen LogP contribution in [0.15, 0.2) is 24.4 Å². The number of hydrogen-bond donors (Lipinski definition) is 1. The molecular formula is C23H33N3O3. The molecule has 3 rings (SSSR count). The van der Waals surface area contributed by atoms with Crippen molar-refractivity contribution in [3.05, 3.63) is 41.2 Å². The normalized spacial score (nSPS) is 10.9. The van der Waals surface area contributed by atoms with Crippen molar-refractivity contribution < 1.29 is 14.6 Å². The van der Waals surface area contributed by atoms with Gasteiger partial charge in [-0.1, -0.05) is 13.8 Å². The molecular weight excluding hydrogens is 366 g/mol. The van der Waals surface area contributed by atoms with E-state index in [9.17, 15) is 5.11 Å². The lowest BCUT2D eigenvalue weighted by molar-refractivity contribution is 0.215. The van der Waals surface area contributed by atoms with E-state index in [-0.39, 0.29) is 6.61 Å². The SMILES string of the molecule is CCOC.COc1nc(C(C)C)ccc1-c1nc2c(C)cn(CCO)c2cc1C. The second-order valence-electron chi connectivity index (χ2n) is 7.28. The molecule has 29 heavy (non-hydrogen) atoms. The van der Waals surface area contributed by atoms with Crippen LogP contribution in [0.4, 0.5) is 0 Å². The third-order valence-corrected chi connectivity index (χ3v) is 4.78. The number of methoxy groups -OCH3 is 2. The number of rotatable bonds is 6. The standard InChI is InChI=1S/C20H25N3O2.C3H8O/c1-12(2)16-7-6-15(20(21-16)25-5)18-13(3)10-17-19(22-18)14(4)11-23(17)8-9-24;1-3-4-2/h6-7,10-12,24H,8-9H2,1-5H3;3H2,1-2H3. The van der Waals surface area contributed by atoms with Gasteiger partial charge in [0.15, 0.2) is 0 Å². The van der Waals surface area contributed by atoms with E-state index in [0.29, 0.717) is 18.3 Å². The summed E-state index contributed by atoms with van der Waals surface area (Å²) in [4.78, 5) is 9.55. The van der Waals surface area contributed by atoms with Crippen LogP contribution in [-0.4, -0.2) is 47.1 Å². The number of nitrogens with zero attached hydrogens (tertiary/aromatic N) is 3. The average Bonchev–Trinajstić information content (AvgIpc) is 3.01. The number of aromatic nitrogens is 3. The summed E-state index contributed by atoms with van der Waals surface area (Å²) in [6.45, 7) is 11.8. The molecule has 0 aliphatic carbocycles. The maximum atomic E-state index is 9.26. The van der Waals surface area contributed by atoms with Crippen LogP contribution in [0.2, 0.25) is 0 Å². The Labute approximate surface area is 173 Å². The van der Waals surface area contributed by atoms with Gasteiger partial charge in [-0.05, 0) is 56.0 Å². The smallest absolute Gasteiger partial charge is 0.222 e. The molecule has 0 radical (unpaired) electrons. The molecule has 0 aliphatic heterocycles. The van der Waals surface area contributed by atoms with Gasteiger partial charge in [0.1, 0.15) is 0 Å². The number of fused-ring (bicyclic) bond motifs is 1. The van der Waals surface area contributed by atoms with Gasteiger partial charge in [-0.25, -0.2) is 9.97 Å². The van der Waals surface area contributed by atoms with Gasteiger partial charge in [0.05, 0.1) is 36.0 Å². The number of aliphatic hydroxyl groups excluding tert-OH is 1. The summed E-state index contributed by atoms with van der Waals surface area (Å²) in [5.41, 5.74) is 6.93. The van der Waals surface area contributed by atoms with E-state index >= 15 is 0 Å². The highest BCUT2D eigenvalue weighted by molar-refractivity contribution is 5.85. The van der Waals surface area contributed by atoms with Crippen LogP contribution in [0.3, 0.4) is 0 Å². The van der Waals surface area contributed by atoms with Crippen molar-refractivity contribution >= 4 is 11.0 Å². The van der Waals surface area contributed by atoms with Gasteiger partial charge in [-0.15, -0.1) is 0 Å². The minimum absolute atomic E-state index is 0.110. The maximum Gasteiger partial charge on any atom is 0.222 e. The molecule has 0 saturated heterocycles. The summed E-state index contributed by atoms with van der Waals surface area (Å²) < 4.78 is 12.1. The highest BCUT2D eigenvalue weighted by atomic mass is 16.5. The average molecular weight is 400 g/mol. The third-order valence-electron chi connectivity index (χ3n) is 4.78. The predicted molar refractivity (Wildman–Crippen MR) is 118 cm³/mol. The van der Waals surface area contributed by atoms with Crippen LogP contribution in [0.25, 0.3) is 22.3 Å². The van der Waals surface area contributed by atoms with E-state index in [1.54, 1.807) is 14.2 Å². The molecule has 0 fully saturated rings. The van der Waals surface area contributed by atoms with Crippen molar-refractivity contribution in [2.45, 2.75) is 47.1 Å². The number of hydrogen-bond acceptors (Lipinski definition) is 5. The summed E-state index contributed by atoms with van der Waals surface area (Å²) in [7, 11) is 3.33. The number of aryl methyl sites for hydroxylation is 2. The zero-order valence-corrected chi connectivity index (χ0v) is 18.6. The zero-order chi connectivity index (χ0) is 21.6. The largest absolute Gasteiger partial charge is 0.480 e. The minimum atomic E-state index is 0.110. The lowest BCUT2D eigenvalue weighted by Gasteiger charge is -2.13. The first-order chi connectivity index (χ1) is 13.9.